The Morgan fingerprint density at radius 2 is 2.05 bits per heavy atom. The number of nitrogens with one attached hydrogen (secondary N) is 2. The predicted molar refractivity (Wildman–Crippen MR) is 77.4 cm³/mol. The fourth-order valence-corrected chi connectivity index (χ4v) is 2.59. The number of carbonyl (C=O) groups is 2. The maximum atomic E-state index is 12.3. The van der Waals surface area contributed by atoms with E-state index in [1.165, 1.54) is 11.0 Å². The summed E-state index contributed by atoms with van der Waals surface area (Å²) in [5, 5.41) is 9.96. The average Bonchev–Trinajstić information content (AvgIpc) is 2.84. The molecule has 21 heavy (non-hydrogen) atoms. The average molecular weight is 326 g/mol. The number of hydrogen-bond donors (Lipinski definition) is 2. The van der Waals surface area contributed by atoms with Gasteiger partial charge in [-0.05, 0) is 18.2 Å². The molecular weight excluding hydrogens is 317 g/mol. The molecule has 0 saturated heterocycles. The number of anilines is 2. The number of amides is 2. The first-order valence-electron chi connectivity index (χ1n) is 5.99. The second-order valence-corrected chi connectivity index (χ2v) is 5.32. The Bertz CT molecular complexity index is 710. The molecule has 2 N–H and O–H groups in total. The predicted octanol–water partition coefficient (Wildman–Crippen LogP) is 2.11. The summed E-state index contributed by atoms with van der Waals surface area (Å²) >= 11 is 11.8. The summed E-state index contributed by atoms with van der Waals surface area (Å²) in [5.74, 6) is -0.440. The lowest BCUT2D eigenvalue weighted by Crippen LogP contribution is -2.36. The van der Waals surface area contributed by atoms with Crippen LogP contribution in [0.25, 0.3) is 0 Å². The summed E-state index contributed by atoms with van der Waals surface area (Å²) in [6, 6.07) is 3.92. The van der Waals surface area contributed by atoms with E-state index in [2.05, 4.69) is 20.7 Å². The number of aromatic nitrogens is 3. The van der Waals surface area contributed by atoms with Crippen LogP contribution in [0.2, 0.25) is 10.0 Å². The van der Waals surface area contributed by atoms with Gasteiger partial charge in [-0.3, -0.25) is 14.9 Å². The minimum absolute atomic E-state index is 0.0174. The van der Waals surface area contributed by atoms with Gasteiger partial charge in [-0.25, -0.2) is 4.68 Å². The van der Waals surface area contributed by atoms with Crippen molar-refractivity contribution in [3.8, 4) is 0 Å². The molecule has 0 saturated carbocycles. The van der Waals surface area contributed by atoms with Crippen molar-refractivity contribution >= 4 is 46.7 Å². The Balaban J connectivity index is 1.85. The van der Waals surface area contributed by atoms with Gasteiger partial charge in [0.1, 0.15) is 12.4 Å². The van der Waals surface area contributed by atoms with Gasteiger partial charge in [0.15, 0.2) is 0 Å². The number of hydrogen-bond acceptors (Lipinski definition) is 4. The first kappa shape index (κ1) is 13.8. The molecule has 3 rings (SSSR count). The summed E-state index contributed by atoms with van der Waals surface area (Å²) in [7, 11) is 0. The fraction of sp³-hybridized carbons (Fsp3) is 0.167. The Kier molecular flexibility index (Phi) is 3.52. The molecule has 0 radical (unpaired) electrons. The molecule has 1 aromatic carbocycles. The van der Waals surface area contributed by atoms with E-state index in [1.807, 2.05) is 0 Å². The highest BCUT2D eigenvalue weighted by Crippen LogP contribution is 2.26. The van der Waals surface area contributed by atoms with E-state index in [4.69, 9.17) is 23.2 Å². The molecule has 0 aliphatic carbocycles. The standard InChI is InChI=1S/C12H9Cl2N5O2/c13-6-1-7(14)3-8(2-6)17-11(21)9-4-10(20)18-12-15-5-16-19(9)12/h1-3,5,9H,4H2,(H,17,21)(H,15,16,18,20)/t9-/m1/s1. The SMILES string of the molecule is O=C1C[C@H](C(=O)Nc2cc(Cl)cc(Cl)c2)n2ncnc2N1. The van der Waals surface area contributed by atoms with Gasteiger partial charge in [0.25, 0.3) is 0 Å². The van der Waals surface area contributed by atoms with E-state index in [0.717, 1.165) is 0 Å². The van der Waals surface area contributed by atoms with E-state index < -0.39 is 11.9 Å². The van der Waals surface area contributed by atoms with Crippen molar-refractivity contribution in [2.24, 2.45) is 0 Å². The zero-order chi connectivity index (χ0) is 15.0. The third kappa shape index (κ3) is 2.84. The van der Waals surface area contributed by atoms with Crippen molar-refractivity contribution in [3.05, 3.63) is 34.6 Å². The summed E-state index contributed by atoms with van der Waals surface area (Å²) < 4.78 is 1.36. The Hall–Kier alpha value is -2.12. The first-order chi connectivity index (χ1) is 10.0. The molecule has 1 atom stereocenters. The number of halogens is 2. The summed E-state index contributed by atoms with van der Waals surface area (Å²) in [4.78, 5) is 27.8. The third-order valence-corrected chi connectivity index (χ3v) is 3.37. The van der Waals surface area contributed by atoms with Gasteiger partial charge in [-0.15, -0.1) is 0 Å². The quantitative estimate of drug-likeness (QED) is 0.884. The van der Waals surface area contributed by atoms with E-state index in [9.17, 15) is 9.59 Å². The summed E-state index contributed by atoms with van der Waals surface area (Å²) in [5.41, 5.74) is 0.449. The van der Waals surface area contributed by atoms with Gasteiger partial charge >= 0.3 is 0 Å². The molecule has 1 aliphatic heterocycles. The lowest BCUT2D eigenvalue weighted by Gasteiger charge is -2.22. The molecule has 1 aromatic heterocycles. The van der Waals surface area contributed by atoms with Crippen LogP contribution >= 0.6 is 23.2 Å². The van der Waals surface area contributed by atoms with Gasteiger partial charge < -0.3 is 5.32 Å². The lowest BCUT2D eigenvalue weighted by atomic mass is 10.1. The van der Waals surface area contributed by atoms with Crippen molar-refractivity contribution in [2.45, 2.75) is 12.5 Å². The molecule has 2 heterocycles. The normalized spacial score (nSPS) is 17.0. The monoisotopic (exact) mass is 325 g/mol. The number of fused-ring (bicyclic) bond motifs is 1. The summed E-state index contributed by atoms with van der Waals surface area (Å²) in [6.07, 6.45) is 1.26. The number of nitrogens with zero attached hydrogens (tertiary/aromatic N) is 3. The minimum atomic E-state index is -0.769. The second kappa shape index (κ2) is 5.34. The van der Waals surface area contributed by atoms with E-state index >= 15 is 0 Å². The molecule has 108 valence electrons. The minimum Gasteiger partial charge on any atom is -0.324 e. The maximum Gasteiger partial charge on any atom is 0.249 e. The molecular formula is C12H9Cl2N5O2. The molecule has 0 spiro atoms. The van der Waals surface area contributed by atoms with Gasteiger partial charge in [0.2, 0.25) is 17.8 Å². The third-order valence-electron chi connectivity index (χ3n) is 2.93. The molecule has 2 amide bonds. The molecule has 0 bridgehead atoms. The smallest absolute Gasteiger partial charge is 0.249 e. The number of carbonyl (C=O) groups excluding carboxylic acids is 2. The van der Waals surface area contributed by atoms with Crippen LogP contribution in [0, 0.1) is 0 Å². The van der Waals surface area contributed by atoms with Crippen molar-refractivity contribution < 1.29 is 9.59 Å². The van der Waals surface area contributed by atoms with Crippen molar-refractivity contribution in [2.75, 3.05) is 10.6 Å². The highest BCUT2D eigenvalue weighted by Gasteiger charge is 2.31. The van der Waals surface area contributed by atoms with Gasteiger partial charge in [0, 0.05) is 15.7 Å². The molecule has 1 aliphatic rings. The topological polar surface area (TPSA) is 88.9 Å². The molecule has 2 aromatic rings. The van der Waals surface area contributed by atoms with Crippen LogP contribution in [0.1, 0.15) is 12.5 Å². The molecule has 0 fully saturated rings. The number of benzene rings is 1. The lowest BCUT2D eigenvalue weighted by molar-refractivity contribution is -0.125. The molecule has 7 nitrogen and oxygen atoms in total. The van der Waals surface area contributed by atoms with Gasteiger partial charge in [-0.2, -0.15) is 10.1 Å². The van der Waals surface area contributed by atoms with Crippen LogP contribution in [0.5, 0.6) is 0 Å². The second-order valence-electron chi connectivity index (χ2n) is 4.44. The van der Waals surface area contributed by atoms with E-state index in [-0.39, 0.29) is 18.3 Å². The van der Waals surface area contributed by atoms with Crippen molar-refractivity contribution in [1.82, 2.24) is 14.8 Å². The summed E-state index contributed by atoms with van der Waals surface area (Å²) in [6.45, 7) is 0. The zero-order valence-corrected chi connectivity index (χ0v) is 12.0. The maximum absolute atomic E-state index is 12.3. The Morgan fingerprint density at radius 3 is 2.76 bits per heavy atom. The zero-order valence-electron chi connectivity index (χ0n) is 10.5. The van der Waals surface area contributed by atoms with Gasteiger partial charge in [-0.1, -0.05) is 23.2 Å². The highest BCUT2D eigenvalue weighted by atomic mass is 35.5. The highest BCUT2D eigenvalue weighted by molar-refractivity contribution is 6.35. The van der Waals surface area contributed by atoms with E-state index in [1.54, 1.807) is 18.2 Å². The van der Waals surface area contributed by atoms with Gasteiger partial charge in [0.05, 0.1) is 6.42 Å². The van der Waals surface area contributed by atoms with Crippen LogP contribution in [0.4, 0.5) is 11.6 Å². The molecule has 0 unspecified atom stereocenters. The Morgan fingerprint density at radius 1 is 1.33 bits per heavy atom. The van der Waals surface area contributed by atoms with Crippen LogP contribution in [-0.2, 0) is 9.59 Å². The first-order valence-corrected chi connectivity index (χ1v) is 6.75. The largest absolute Gasteiger partial charge is 0.324 e. The number of rotatable bonds is 2. The van der Waals surface area contributed by atoms with Crippen LogP contribution in [0.3, 0.4) is 0 Å². The molecule has 9 heteroatoms. The van der Waals surface area contributed by atoms with Crippen LogP contribution < -0.4 is 10.6 Å². The fourth-order valence-electron chi connectivity index (χ4n) is 2.06. The Labute approximate surface area is 129 Å². The van der Waals surface area contributed by atoms with Crippen molar-refractivity contribution in [1.29, 1.82) is 0 Å². The van der Waals surface area contributed by atoms with Crippen LogP contribution in [-0.4, -0.2) is 26.6 Å². The van der Waals surface area contributed by atoms with E-state index in [0.29, 0.717) is 15.7 Å². The van der Waals surface area contributed by atoms with Crippen LogP contribution in [0.15, 0.2) is 24.5 Å². The van der Waals surface area contributed by atoms with Crippen molar-refractivity contribution in [3.63, 3.8) is 0 Å².